The predicted molar refractivity (Wildman–Crippen MR) is 63.2 cm³/mol. The highest BCUT2D eigenvalue weighted by Gasteiger charge is 2.25. The third kappa shape index (κ3) is 2.62. The van der Waals surface area contributed by atoms with Gasteiger partial charge in [-0.1, -0.05) is 6.92 Å². The Morgan fingerprint density at radius 3 is 3.00 bits per heavy atom. The molecule has 1 aliphatic rings. The van der Waals surface area contributed by atoms with E-state index in [0.717, 1.165) is 31.2 Å². The van der Waals surface area contributed by atoms with Crippen molar-refractivity contribution in [1.82, 2.24) is 15.2 Å². The van der Waals surface area contributed by atoms with Crippen molar-refractivity contribution in [1.29, 1.82) is 0 Å². The van der Waals surface area contributed by atoms with E-state index in [1.54, 1.807) is 0 Å². The largest absolute Gasteiger partial charge is 0.444 e. The topological polar surface area (TPSA) is 41.3 Å². The minimum absolute atomic E-state index is 0.567. The third-order valence-corrected chi connectivity index (χ3v) is 3.38. The van der Waals surface area contributed by atoms with Crippen molar-refractivity contribution >= 4 is 0 Å². The first kappa shape index (κ1) is 11.6. The van der Waals surface area contributed by atoms with Crippen molar-refractivity contribution in [2.24, 2.45) is 0 Å². The molecule has 1 aliphatic heterocycles. The van der Waals surface area contributed by atoms with E-state index in [0.29, 0.717) is 12.1 Å². The van der Waals surface area contributed by atoms with Crippen LogP contribution >= 0.6 is 0 Å². The monoisotopic (exact) mass is 223 g/mol. The molecule has 4 heteroatoms. The van der Waals surface area contributed by atoms with Gasteiger partial charge >= 0.3 is 0 Å². The van der Waals surface area contributed by atoms with Gasteiger partial charge in [-0.05, 0) is 20.4 Å². The molecule has 2 atom stereocenters. The number of aryl methyl sites for hydroxylation is 1. The van der Waals surface area contributed by atoms with E-state index < -0.39 is 0 Å². The summed E-state index contributed by atoms with van der Waals surface area (Å²) < 4.78 is 5.56. The zero-order chi connectivity index (χ0) is 11.5. The van der Waals surface area contributed by atoms with Crippen LogP contribution in [-0.2, 0) is 13.0 Å². The van der Waals surface area contributed by atoms with Crippen molar-refractivity contribution in [3.8, 4) is 0 Å². The van der Waals surface area contributed by atoms with E-state index in [1.165, 1.54) is 6.42 Å². The Hall–Kier alpha value is -0.870. The highest BCUT2D eigenvalue weighted by atomic mass is 16.4. The zero-order valence-corrected chi connectivity index (χ0v) is 10.4. The van der Waals surface area contributed by atoms with Crippen molar-refractivity contribution in [3.05, 3.63) is 17.8 Å². The Morgan fingerprint density at radius 2 is 2.44 bits per heavy atom. The normalized spacial score (nSPS) is 26.4. The van der Waals surface area contributed by atoms with Gasteiger partial charge in [0.2, 0.25) is 5.89 Å². The van der Waals surface area contributed by atoms with E-state index in [4.69, 9.17) is 4.42 Å². The van der Waals surface area contributed by atoms with Gasteiger partial charge in [-0.2, -0.15) is 0 Å². The molecule has 0 bridgehead atoms. The SMILES string of the molecule is CCc1cnc(CNC2CC(C)N(C)C2)o1. The Labute approximate surface area is 97.0 Å². The molecule has 0 amide bonds. The van der Waals surface area contributed by atoms with Crippen LogP contribution in [-0.4, -0.2) is 35.6 Å². The predicted octanol–water partition coefficient (Wildman–Crippen LogP) is 1.42. The molecule has 0 aromatic carbocycles. The highest BCUT2D eigenvalue weighted by molar-refractivity contribution is 4.94. The van der Waals surface area contributed by atoms with Crippen molar-refractivity contribution in [2.75, 3.05) is 13.6 Å². The maximum absolute atomic E-state index is 5.56. The Morgan fingerprint density at radius 1 is 1.62 bits per heavy atom. The molecule has 16 heavy (non-hydrogen) atoms. The lowest BCUT2D eigenvalue weighted by Gasteiger charge is -2.12. The first-order chi connectivity index (χ1) is 7.69. The molecule has 1 N–H and O–H groups in total. The van der Waals surface area contributed by atoms with Crippen LogP contribution in [0.2, 0.25) is 0 Å². The fourth-order valence-corrected chi connectivity index (χ4v) is 2.17. The van der Waals surface area contributed by atoms with Gasteiger partial charge in [0.15, 0.2) is 0 Å². The number of likely N-dealkylation sites (N-methyl/N-ethyl adjacent to an activating group) is 1. The maximum atomic E-state index is 5.56. The van der Waals surface area contributed by atoms with Gasteiger partial charge in [-0.25, -0.2) is 4.98 Å². The molecule has 4 nitrogen and oxygen atoms in total. The minimum Gasteiger partial charge on any atom is -0.444 e. The summed E-state index contributed by atoms with van der Waals surface area (Å²) in [6, 6.07) is 1.24. The molecule has 90 valence electrons. The second-order valence-corrected chi connectivity index (χ2v) is 4.68. The number of aromatic nitrogens is 1. The molecule has 0 saturated carbocycles. The van der Waals surface area contributed by atoms with Gasteiger partial charge in [0.05, 0.1) is 12.7 Å². The van der Waals surface area contributed by atoms with Gasteiger partial charge in [-0.3, -0.25) is 0 Å². The summed E-state index contributed by atoms with van der Waals surface area (Å²) in [6.07, 6.45) is 3.94. The molecule has 2 rings (SSSR count). The van der Waals surface area contributed by atoms with Gasteiger partial charge in [0.25, 0.3) is 0 Å². The van der Waals surface area contributed by atoms with Crippen molar-refractivity contribution in [2.45, 2.75) is 45.3 Å². The standard InChI is InChI=1S/C12H21N3O/c1-4-11-6-14-12(16-11)7-13-10-5-9(2)15(3)8-10/h6,9-10,13H,4-5,7-8H2,1-3H3. The van der Waals surface area contributed by atoms with E-state index in [2.05, 4.69) is 36.1 Å². The molecule has 1 aromatic rings. The van der Waals surface area contributed by atoms with Crippen LogP contribution in [0.5, 0.6) is 0 Å². The molecule has 2 heterocycles. The number of nitrogens with zero attached hydrogens (tertiary/aromatic N) is 2. The summed E-state index contributed by atoms with van der Waals surface area (Å²) in [5.41, 5.74) is 0. The maximum Gasteiger partial charge on any atom is 0.208 e. The molecular weight excluding hydrogens is 202 g/mol. The smallest absolute Gasteiger partial charge is 0.208 e. The fourth-order valence-electron chi connectivity index (χ4n) is 2.17. The lowest BCUT2D eigenvalue weighted by Crippen LogP contribution is -2.31. The van der Waals surface area contributed by atoms with Gasteiger partial charge in [0, 0.05) is 25.0 Å². The summed E-state index contributed by atoms with van der Waals surface area (Å²) >= 11 is 0. The Balaban J connectivity index is 1.79. The lowest BCUT2D eigenvalue weighted by molar-refractivity contribution is 0.325. The van der Waals surface area contributed by atoms with E-state index in [-0.39, 0.29) is 0 Å². The fraction of sp³-hybridized carbons (Fsp3) is 0.750. The van der Waals surface area contributed by atoms with Crippen molar-refractivity contribution < 1.29 is 4.42 Å². The van der Waals surface area contributed by atoms with Gasteiger partial charge < -0.3 is 14.6 Å². The van der Waals surface area contributed by atoms with Crippen molar-refractivity contribution in [3.63, 3.8) is 0 Å². The Kier molecular flexibility index (Phi) is 3.61. The first-order valence-corrected chi connectivity index (χ1v) is 6.06. The highest BCUT2D eigenvalue weighted by Crippen LogP contribution is 2.15. The van der Waals surface area contributed by atoms with E-state index >= 15 is 0 Å². The number of likely N-dealkylation sites (tertiary alicyclic amines) is 1. The summed E-state index contributed by atoms with van der Waals surface area (Å²) in [4.78, 5) is 6.62. The summed E-state index contributed by atoms with van der Waals surface area (Å²) in [5.74, 6) is 1.77. The average Bonchev–Trinajstić information content (AvgIpc) is 2.84. The summed E-state index contributed by atoms with van der Waals surface area (Å²) in [6.45, 7) is 6.20. The van der Waals surface area contributed by atoms with Crippen LogP contribution in [0.25, 0.3) is 0 Å². The quantitative estimate of drug-likeness (QED) is 0.838. The molecule has 0 spiro atoms. The molecule has 2 unspecified atom stereocenters. The number of rotatable bonds is 4. The van der Waals surface area contributed by atoms with Crippen LogP contribution in [0.15, 0.2) is 10.6 Å². The lowest BCUT2D eigenvalue weighted by atomic mass is 10.2. The number of hydrogen-bond donors (Lipinski definition) is 1. The average molecular weight is 223 g/mol. The molecule has 1 saturated heterocycles. The number of hydrogen-bond acceptors (Lipinski definition) is 4. The second kappa shape index (κ2) is 4.97. The van der Waals surface area contributed by atoms with Crippen LogP contribution < -0.4 is 5.32 Å². The van der Waals surface area contributed by atoms with Crippen LogP contribution in [0.3, 0.4) is 0 Å². The minimum atomic E-state index is 0.567. The summed E-state index contributed by atoms with van der Waals surface area (Å²) in [7, 11) is 2.17. The summed E-state index contributed by atoms with van der Waals surface area (Å²) in [5, 5.41) is 3.50. The van der Waals surface area contributed by atoms with Gasteiger partial charge in [0.1, 0.15) is 5.76 Å². The van der Waals surface area contributed by atoms with Gasteiger partial charge in [-0.15, -0.1) is 0 Å². The van der Waals surface area contributed by atoms with E-state index in [9.17, 15) is 0 Å². The molecule has 0 radical (unpaired) electrons. The van der Waals surface area contributed by atoms with Crippen LogP contribution in [0, 0.1) is 0 Å². The molecule has 0 aliphatic carbocycles. The number of oxazole rings is 1. The second-order valence-electron chi connectivity index (χ2n) is 4.68. The Bertz CT molecular complexity index is 327. The van der Waals surface area contributed by atoms with Crippen LogP contribution in [0.4, 0.5) is 0 Å². The molecule has 1 fully saturated rings. The zero-order valence-electron chi connectivity index (χ0n) is 10.4. The van der Waals surface area contributed by atoms with Crippen LogP contribution in [0.1, 0.15) is 31.9 Å². The first-order valence-electron chi connectivity index (χ1n) is 6.06. The van der Waals surface area contributed by atoms with E-state index in [1.807, 2.05) is 6.20 Å². The number of nitrogens with one attached hydrogen (secondary N) is 1. The molecular formula is C12H21N3O. The third-order valence-electron chi connectivity index (χ3n) is 3.38. The molecule has 1 aromatic heterocycles.